The van der Waals surface area contributed by atoms with E-state index in [4.69, 9.17) is 5.11 Å². The van der Waals surface area contributed by atoms with Crippen molar-refractivity contribution in [2.75, 3.05) is 0 Å². The van der Waals surface area contributed by atoms with Crippen LogP contribution >= 0.6 is 0 Å². The highest BCUT2D eigenvalue weighted by Crippen LogP contribution is 2.39. The first-order valence-electron chi connectivity index (χ1n) is 4.70. The van der Waals surface area contributed by atoms with Crippen LogP contribution in [-0.2, 0) is 11.3 Å². The molecular formula is C9H9F3N2O2. The van der Waals surface area contributed by atoms with E-state index in [-0.39, 0.29) is 12.4 Å². The van der Waals surface area contributed by atoms with E-state index in [2.05, 4.69) is 4.98 Å². The molecule has 0 saturated heterocycles. The van der Waals surface area contributed by atoms with Crippen molar-refractivity contribution in [1.82, 2.24) is 9.55 Å². The van der Waals surface area contributed by atoms with Gasteiger partial charge in [-0.25, -0.2) is 4.98 Å². The van der Waals surface area contributed by atoms with Gasteiger partial charge in [0.15, 0.2) is 0 Å². The topological polar surface area (TPSA) is 55.1 Å². The number of carboxylic acid groups (broad SMARTS) is 1. The summed E-state index contributed by atoms with van der Waals surface area (Å²) in [6.45, 7) is -0.247. The van der Waals surface area contributed by atoms with Crippen molar-refractivity contribution in [2.24, 2.45) is 5.92 Å². The van der Waals surface area contributed by atoms with Crippen molar-refractivity contribution in [2.45, 2.75) is 25.1 Å². The molecule has 1 N–H and O–H groups in total. The molecule has 0 amide bonds. The maximum atomic E-state index is 12.6. The van der Waals surface area contributed by atoms with E-state index >= 15 is 0 Å². The predicted molar refractivity (Wildman–Crippen MR) is 46.8 cm³/mol. The number of nitrogens with zero attached hydrogens (tertiary/aromatic N) is 2. The fourth-order valence-electron chi connectivity index (χ4n) is 1.94. The second-order valence-corrected chi connectivity index (χ2v) is 3.80. The zero-order valence-electron chi connectivity index (χ0n) is 8.11. The van der Waals surface area contributed by atoms with Crippen LogP contribution in [0.1, 0.15) is 18.2 Å². The number of fused-ring (bicyclic) bond motifs is 1. The fourth-order valence-corrected chi connectivity index (χ4v) is 1.94. The molecule has 0 bridgehead atoms. The zero-order valence-corrected chi connectivity index (χ0v) is 8.11. The third-order valence-electron chi connectivity index (χ3n) is 2.76. The molecule has 88 valence electrons. The molecule has 0 saturated carbocycles. The number of aromatic nitrogens is 2. The Morgan fingerprint density at radius 1 is 1.56 bits per heavy atom. The summed E-state index contributed by atoms with van der Waals surface area (Å²) in [7, 11) is 0. The van der Waals surface area contributed by atoms with Gasteiger partial charge in [-0.2, -0.15) is 13.2 Å². The predicted octanol–water partition coefficient (Wildman–Crippen LogP) is 1.63. The van der Waals surface area contributed by atoms with E-state index in [1.54, 1.807) is 0 Å². The number of alkyl halides is 3. The number of rotatable bonds is 1. The van der Waals surface area contributed by atoms with Gasteiger partial charge in [0.25, 0.3) is 0 Å². The van der Waals surface area contributed by atoms with Gasteiger partial charge in [-0.15, -0.1) is 0 Å². The smallest absolute Gasteiger partial charge is 0.393 e. The average molecular weight is 234 g/mol. The van der Waals surface area contributed by atoms with Crippen LogP contribution in [0, 0.1) is 5.92 Å². The van der Waals surface area contributed by atoms with Crippen molar-refractivity contribution < 1.29 is 23.1 Å². The maximum Gasteiger partial charge on any atom is 0.393 e. The molecule has 2 atom stereocenters. The number of hydrogen-bond acceptors (Lipinski definition) is 2. The van der Waals surface area contributed by atoms with Gasteiger partial charge in [0.05, 0.1) is 5.92 Å². The highest BCUT2D eigenvalue weighted by molar-refractivity contribution is 5.75. The molecule has 0 fully saturated rings. The Balaban J connectivity index is 2.34. The first-order valence-corrected chi connectivity index (χ1v) is 4.70. The molecule has 0 spiro atoms. The van der Waals surface area contributed by atoms with Gasteiger partial charge in [-0.1, -0.05) is 0 Å². The molecule has 4 nitrogen and oxygen atoms in total. The summed E-state index contributed by atoms with van der Waals surface area (Å²) in [6, 6.07) is 0. The van der Waals surface area contributed by atoms with Crippen LogP contribution < -0.4 is 0 Å². The van der Waals surface area contributed by atoms with Crippen LogP contribution in [0.5, 0.6) is 0 Å². The largest absolute Gasteiger partial charge is 0.481 e. The quantitative estimate of drug-likeness (QED) is 0.803. The van der Waals surface area contributed by atoms with Crippen LogP contribution in [0.3, 0.4) is 0 Å². The third-order valence-corrected chi connectivity index (χ3v) is 2.76. The Morgan fingerprint density at radius 2 is 2.25 bits per heavy atom. The summed E-state index contributed by atoms with van der Waals surface area (Å²) >= 11 is 0. The minimum atomic E-state index is -4.37. The first-order chi connectivity index (χ1) is 7.39. The minimum absolute atomic E-state index is 0.202. The Hall–Kier alpha value is -1.53. The monoisotopic (exact) mass is 234 g/mol. The number of imidazole rings is 1. The van der Waals surface area contributed by atoms with Gasteiger partial charge in [0.1, 0.15) is 11.7 Å². The number of carbonyl (C=O) groups is 1. The average Bonchev–Trinajstić information content (AvgIpc) is 2.61. The molecule has 2 heterocycles. The van der Waals surface area contributed by atoms with Gasteiger partial charge < -0.3 is 9.67 Å². The number of aliphatic carboxylic acids is 1. The second-order valence-electron chi connectivity index (χ2n) is 3.80. The fraction of sp³-hybridized carbons (Fsp3) is 0.556. The summed E-state index contributed by atoms with van der Waals surface area (Å²) in [5.41, 5.74) is 0. The summed E-state index contributed by atoms with van der Waals surface area (Å²) in [5.74, 6) is -3.85. The van der Waals surface area contributed by atoms with Gasteiger partial charge in [-0.3, -0.25) is 4.79 Å². The van der Waals surface area contributed by atoms with Gasteiger partial charge in [-0.05, 0) is 6.42 Å². The highest BCUT2D eigenvalue weighted by Gasteiger charge is 2.46. The van der Waals surface area contributed by atoms with E-state index in [9.17, 15) is 18.0 Å². The van der Waals surface area contributed by atoms with E-state index in [1.807, 2.05) is 0 Å². The minimum Gasteiger partial charge on any atom is -0.481 e. The summed E-state index contributed by atoms with van der Waals surface area (Å²) in [4.78, 5) is 14.7. The van der Waals surface area contributed by atoms with Crippen LogP contribution in [0.4, 0.5) is 13.2 Å². The Labute approximate surface area is 88.7 Å². The Bertz CT molecular complexity index is 413. The standard InChI is InChI=1S/C9H9F3N2O2/c10-9(11,12)5-3-6(8(15)16)7-13-1-2-14(7)4-5/h1-2,5-6H,3-4H2,(H,15,16)/t5-,6+/m0/s1. The van der Waals surface area contributed by atoms with Gasteiger partial charge in [0, 0.05) is 18.9 Å². The molecule has 1 aromatic heterocycles. The molecule has 7 heteroatoms. The molecule has 0 radical (unpaired) electrons. The van der Waals surface area contributed by atoms with E-state index in [0.717, 1.165) is 0 Å². The zero-order chi connectivity index (χ0) is 11.9. The van der Waals surface area contributed by atoms with Crippen LogP contribution in [-0.4, -0.2) is 26.8 Å². The molecule has 0 unspecified atom stereocenters. The number of halogens is 3. The lowest BCUT2D eigenvalue weighted by Crippen LogP contribution is -2.36. The molecule has 1 aromatic rings. The second kappa shape index (κ2) is 3.50. The normalized spacial score (nSPS) is 25.2. The van der Waals surface area contributed by atoms with E-state index < -0.39 is 30.4 Å². The first kappa shape index (κ1) is 11.0. The van der Waals surface area contributed by atoms with Gasteiger partial charge >= 0.3 is 12.1 Å². The number of carboxylic acids is 1. The summed E-state index contributed by atoms with van der Waals surface area (Å²) in [5, 5.41) is 8.87. The Kier molecular flexibility index (Phi) is 2.40. The van der Waals surface area contributed by atoms with Crippen molar-refractivity contribution in [3.8, 4) is 0 Å². The maximum absolute atomic E-state index is 12.6. The SMILES string of the molecule is O=C(O)[C@@H]1C[C@H](C(F)(F)F)Cn2ccnc21. The van der Waals surface area contributed by atoms with Crippen molar-refractivity contribution in [3.63, 3.8) is 0 Å². The molecule has 0 aromatic carbocycles. The van der Waals surface area contributed by atoms with E-state index in [1.165, 1.54) is 17.0 Å². The van der Waals surface area contributed by atoms with Crippen LogP contribution in [0.15, 0.2) is 12.4 Å². The molecule has 1 aliphatic heterocycles. The highest BCUT2D eigenvalue weighted by atomic mass is 19.4. The summed E-state index contributed by atoms with van der Waals surface area (Å²) < 4.78 is 38.9. The molecule has 0 aliphatic carbocycles. The molecule has 2 rings (SSSR count). The van der Waals surface area contributed by atoms with Crippen molar-refractivity contribution >= 4 is 5.97 Å². The third kappa shape index (κ3) is 1.77. The van der Waals surface area contributed by atoms with Crippen molar-refractivity contribution in [3.05, 3.63) is 18.2 Å². The Morgan fingerprint density at radius 3 is 2.81 bits per heavy atom. The molecule has 16 heavy (non-hydrogen) atoms. The lowest BCUT2D eigenvalue weighted by Gasteiger charge is -2.29. The molecular weight excluding hydrogens is 225 g/mol. The van der Waals surface area contributed by atoms with E-state index in [0.29, 0.717) is 0 Å². The lowest BCUT2D eigenvalue weighted by molar-refractivity contribution is -0.185. The van der Waals surface area contributed by atoms with Crippen molar-refractivity contribution in [1.29, 1.82) is 0 Å². The number of hydrogen-bond donors (Lipinski definition) is 1. The van der Waals surface area contributed by atoms with Gasteiger partial charge in [0.2, 0.25) is 0 Å². The lowest BCUT2D eigenvalue weighted by atomic mass is 9.90. The van der Waals surface area contributed by atoms with Crippen LogP contribution in [0.25, 0.3) is 0 Å². The summed E-state index contributed by atoms with van der Waals surface area (Å²) in [6.07, 6.45) is -2.10. The van der Waals surface area contributed by atoms with Crippen LogP contribution in [0.2, 0.25) is 0 Å². The molecule has 1 aliphatic rings.